The Morgan fingerprint density at radius 3 is 2.84 bits per heavy atom. The van der Waals surface area contributed by atoms with Crippen molar-refractivity contribution in [2.45, 2.75) is 32.0 Å². The fourth-order valence-corrected chi connectivity index (χ4v) is 3.49. The van der Waals surface area contributed by atoms with Gasteiger partial charge < -0.3 is 20.5 Å². The molecular weight excluding hydrogens is 411 g/mol. The fourth-order valence-electron chi connectivity index (χ4n) is 3.49. The van der Waals surface area contributed by atoms with Crippen molar-refractivity contribution in [1.82, 2.24) is 24.8 Å². The van der Waals surface area contributed by atoms with Gasteiger partial charge in [-0.15, -0.1) is 0 Å². The van der Waals surface area contributed by atoms with Gasteiger partial charge in [-0.05, 0) is 30.5 Å². The van der Waals surface area contributed by atoms with Crippen LogP contribution in [0.5, 0.6) is 0 Å². The number of aromatic nitrogens is 4. The number of benzene rings is 1. The second-order valence-corrected chi connectivity index (χ2v) is 7.31. The first kappa shape index (κ1) is 20.9. The van der Waals surface area contributed by atoms with Crippen LogP contribution in [-0.4, -0.2) is 50.4 Å². The highest BCUT2D eigenvalue weighted by Gasteiger charge is 2.30. The number of nitrogens with zero attached hydrogens (tertiary/aromatic N) is 4. The van der Waals surface area contributed by atoms with Crippen LogP contribution in [0.25, 0.3) is 11.2 Å². The first-order chi connectivity index (χ1) is 14.9. The average Bonchev–Trinajstić information content (AvgIpc) is 3.38. The van der Waals surface area contributed by atoms with Gasteiger partial charge in [0.15, 0.2) is 11.5 Å². The highest BCUT2D eigenvalue weighted by atomic mass is 19.4. The lowest BCUT2D eigenvalue weighted by atomic mass is 10.1. The molecule has 164 valence electrons. The van der Waals surface area contributed by atoms with Crippen molar-refractivity contribution in [3.63, 3.8) is 0 Å². The van der Waals surface area contributed by atoms with E-state index in [9.17, 15) is 18.0 Å². The Hall–Kier alpha value is -3.37. The summed E-state index contributed by atoms with van der Waals surface area (Å²) in [6.07, 6.45) is -0.629. The number of alkyl halides is 3. The molecule has 11 heteroatoms. The van der Waals surface area contributed by atoms with Crippen molar-refractivity contribution in [1.29, 1.82) is 0 Å². The van der Waals surface area contributed by atoms with E-state index in [4.69, 9.17) is 0 Å². The average molecular weight is 433 g/mol. The summed E-state index contributed by atoms with van der Waals surface area (Å²) in [7, 11) is 0. The predicted molar refractivity (Wildman–Crippen MR) is 109 cm³/mol. The van der Waals surface area contributed by atoms with Gasteiger partial charge in [0.05, 0.1) is 11.9 Å². The molecule has 0 radical (unpaired) electrons. The smallest absolute Gasteiger partial charge is 0.364 e. The summed E-state index contributed by atoms with van der Waals surface area (Å²) in [5.74, 6) is 0.992. The summed E-state index contributed by atoms with van der Waals surface area (Å²) >= 11 is 0. The Morgan fingerprint density at radius 2 is 2.06 bits per heavy atom. The second-order valence-electron chi connectivity index (χ2n) is 7.31. The third kappa shape index (κ3) is 5.04. The highest BCUT2D eigenvalue weighted by Crippen LogP contribution is 2.29. The van der Waals surface area contributed by atoms with Crippen LogP contribution in [0, 0.1) is 0 Å². The molecule has 0 aliphatic carbocycles. The molecule has 0 bridgehead atoms. The molecular formula is C20H22F3N7O. The standard InChI is InChI=1S/C20H22F3N7O/c21-20(22,23)14-5-1-4-13(10-14)11-25-17-16-18(27-12-26-16)29-19(28-17)24-7-3-9-30-8-2-6-15(30)31/h1,4-5,10,12H,2-3,6-9,11H2,(H3,24,25,26,27,28,29). The van der Waals surface area contributed by atoms with Crippen LogP contribution < -0.4 is 10.6 Å². The maximum atomic E-state index is 12.9. The minimum absolute atomic E-state index is 0.158. The molecule has 4 rings (SSSR count). The number of carbonyl (C=O) groups excluding carboxylic acids is 1. The Morgan fingerprint density at radius 1 is 1.19 bits per heavy atom. The van der Waals surface area contributed by atoms with Crippen LogP contribution >= 0.6 is 0 Å². The van der Waals surface area contributed by atoms with E-state index in [1.165, 1.54) is 12.4 Å². The van der Waals surface area contributed by atoms with Crippen molar-refractivity contribution in [2.24, 2.45) is 0 Å². The number of hydrogen-bond acceptors (Lipinski definition) is 6. The van der Waals surface area contributed by atoms with Gasteiger partial charge in [-0.25, -0.2) is 4.98 Å². The molecule has 1 aliphatic heterocycles. The Kier molecular flexibility index (Phi) is 5.92. The molecule has 0 unspecified atom stereocenters. The number of amides is 1. The molecule has 8 nitrogen and oxygen atoms in total. The number of imidazole rings is 1. The van der Waals surface area contributed by atoms with Gasteiger partial charge in [-0.2, -0.15) is 23.1 Å². The molecule has 1 fully saturated rings. The molecule has 0 spiro atoms. The summed E-state index contributed by atoms with van der Waals surface area (Å²) in [6, 6.07) is 5.15. The van der Waals surface area contributed by atoms with E-state index in [1.807, 2.05) is 4.90 Å². The van der Waals surface area contributed by atoms with Crippen LogP contribution in [0.3, 0.4) is 0 Å². The van der Waals surface area contributed by atoms with Crippen molar-refractivity contribution in [3.05, 3.63) is 41.7 Å². The molecule has 0 atom stereocenters. The first-order valence-corrected chi connectivity index (χ1v) is 10.0. The van der Waals surface area contributed by atoms with E-state index in [2.05, 4.69) is 30.6 Å². The van der Waals surface area contributed by atoms with E-state index in [1.54, 1.807) is 6.07 Å². The zero-order valence-corrected chi connectivity index (χ0v) is 16.7. The van der Waals surface area contributed by atoms with Crippen LogP contribution in [-0.2, 0) is 17.5 Å². The lowest BCUT2D eigenvalue weighted by Crippen LogP contribution is -2.27. The lowest BCUT2D eigenvalue weighted by molar-refractivity contribution is -0.137. The molecule has 1 saturated heterocycles. The number of aromatic amines is 1. The number of H-pyrrole nitrogens is 1. The minimum Gasteiger partial charge on any atom is -0.364 e. The summed E-state index contributed by atoms with van der Waals surface area (Å²) in [6.45, 7) is 2.22. The van der Waals surface area contributed by atoms with Gasteiger partial charge in [0.1, 0.15) is 5.52 Å². The zero-order chi connectivity index (χ0) is 21.8. The number of anilines is 2. The second kappa shape index (κ2) is 8.78. The number of carbonyl (C=O) groups is 1. The largest absolute Gasteiger partial charge is 0.416 e. The molecule has 3 N–H and O–H groups in total. The monoisotopic (exact) mass is 433 g/mol. The maximum absolute atomic E-state index is 12.9. The highest BCUT2D eigenvalue weighted by molar-refractivity contribution is 5.83. The molecule has 1 amide bonds. The molecule has 3 heterocycles. The van der Waals surface area contributed by atoms with E-state index in [0.29, 0.717) is 48.0 Å². The van der Waals surface area contributed by atoms with Crippen LogP contribution in [0.1, 0.15) is 30.4 Å². The maximum Gasteiger partial charge on any atom is 0.416 e. The fraction of sp³-hybridized carbons (Fsp3) is 0.400. The van der Waals surface area contributed by atoms with E-state index < -0.39 is 11.7 Å². The molecule has 3 aromatic rings. The van der Waals surface area contributed by atoms with Crippen LogP contribution in [0.4, 0.5) is 24.9 Å². The summed E-state index contributed by atoms with van der Waals surface area (Å²) < 4.78 is 38.8. The molecule has 2 aromatic heterocycles. The van der Waals surface area contributed by atoms with Crippen LogP contribution in [0.15, 0.2) is 30.6 Å². The van der Waals surface area contributed by atoms with Gasteiger partial charge in [0.25, 0.3) is 0 Å². The van der Waals surface area contributed by atoms with E-state index in [-0.39, 0.29) is 12.5 Å². The van der Waals surface area contributed by atoms with Crippen LogP contribution in [0.2, 0.25) is 0 Å². The quantitative estimate of drug-likeness (QED) is 0.471. The SMILES string of the molecule is O=C1CCCN1CCCNc1nc(NCc2cccc(C(F)(F)F)c2)c2[nH]cnc2n1. The summed E-state index contributed by atoms with van der Waals surface area (Å²) in [5, 5.41) is 6.20. The summed E-state index contributed by atoms with van der Waals surface area (Å²) in [5.41, 5.74) is 0.796. The number of halogens is 3. The Labute approximate surface area is 176 Å². The zero-order valence-electron chi connectivity index (χ0n) is 16.7. The molecule has 1 aliphatic rings. The predicted octanol–water partition coefficient (Wildman–Crippen LogP) is 3.41. The number of nitrogens with one attached hydrogen (secondary N) is 3. The lowest BCUT2D eigenvalue weighted by Gasteiger charge is -2.15. The topological polar surface area (TPSA) is 98.8 Å². The van der Waals surface area contributed by atoms with Gasteiger partial charge >= 0.3 is 6.18 Å². The molecule has 31 heavy (non-hydrogen) atoms. The van der Waals surface area contributed by atoms with E-state index in [0.717, 1.165) is 31.5 Å². The number of rotatable bonds is 8. The van der Waals surface area contributed by atoms with Crippen molar-refractivity contribution in [3.8, 4) is 0 Å². The molecule has 0 saturated carbocycles. The number of hydrogen-bond donors (Lipinski definition) is 3. The van der Waals surface area contributed by atoms with Gasteiger partial charge in [-0.1, -0.05) is 12.1 Å². The molecule has 1 aromatic carbocycles. The Balaban J connectivity index is 1.40. The van der Waals surface area contributed by atoms with Crippen molar-refractivity contribution in [2.75, 3.05) is 30.3 Å². The first-order valence-electron chi connectivity index (χ1n) is 10.0. The number of likely N-dealkylation sites (tertiary alicyclic amines) is 1. The third-order valence-corrected chi connectivity index (χ3v) is 5.06. The normalized spacial score (nSPS) is 14.4. The third-order valence-electron chi connectivity index (χ3n) is 5.06. The van der Waals surface area contributed by atoms with Gasteiger partial charge in [-0.3, -0.25) is 4.79 Å². The summed E-state index contributed by atoms with van der Waals surface area (Å²) in [4.78, 5) is 29.4. The minimum atomic E-state index is -4.39. The van der Waals surface area contributed by atoms with E-state index >= 15 is 0 Å². The van der Waals surface area contributed by atoms with Gasteiger partial charge in [0.2, 0.25) is 11.9 Å². The van der Waals surface area contributed by atoms with Crippen molar-refractivity contribution < 1.29 is 18.0 Å². The van der Waals surface area contributed by atoms with Crippen molar-refractivity contribution >= 4 is 28.8 Å². The van der Waals surface area contributed by atoms with Gasteiger partial charge in [0, 0.05) is 32.6 Å². The number of fused-ring (bicyclic) bond motifs is 1. The Bertz CT molecular complexity index is 1070.